The van der Waals surface area contributed by atoms with Crippen molar-refractivity contribution in [2.24, 2.45) is 5.92 Å². The van der Waals surface area contributed by atoms with Gasteiger partial charge in [-0.15, -0.1) is 35.0 Å². The van der Waals surface area contributed by atoms with Crippen molar-refractivity contribution in [1.29, 1.82) is 0 Å². The highest BCUT2D eigenvalue weighted by atomic mass is 35.5. The van der Waals surface area contributed by atoms with E-state index in [0.29, 0.717) is 23.3 Å². The van der Waals surface area contributed by atoms with Crippen LogP contribution in [0.3, 0.4) is 0 Å². The monoisotopic (exact) mass is 371 g/mol. The Morgan fingerprint density at radius 2 is 2.00 bits per heavy atom. The van der Waals surface area contributed by atoms with Crippen LogP contribution in [-0.2, 0) is 0 Å². The molecule has 132 valence electrons. The third-order valence-corrected chi connectivity index (χ3v) is 4.01. The van der Waals surface area contributed by atoms with Gasteiger partial charge in [0, 0.05) is 31.9 Å². The zero-order valence-corrected chi connectivity index (χ0v) is 15.3. The van der Waals surface area contributed by atoms with Crippen LogP contribution in [-0.4, -0.2) is 46.0 Å². The zero-order chi connectivity index (χ0) is 15.5. The molecule has 1 atom stereocenters. The van der Waals surface area contributed by atoms with E-state index in [1.807, 2.05) is 12.1 Å². The van der Waals surface area contributed by atoms with Gasteiger partial charge in [0.1, 0.15) is 17.1 Å². The number of piperazine rings is 1. The molecule has 1 aliphatic heterocycles. The predicted molar refractivity (Wildman–Crippen MR) is 100 cm³/mol. The Bertz CT molecular complexity index is 639. The molecule has 2 aromatic heterocycles. The molecule has 0 amide bonds. The molecule has 0 aliphatic carbocycles. The number of aromatic hydroxyl groups is 1. The Kier molecular flexibility index (Phi) is 7.66. The average molecular weight is 372 g/mol. The number of nitrogens with zero attached hydrogens (tertiary/aromatic N) is 4. The number of rotatable bonds is 3. The van der Waals surface area contributed by atoms with Crippen molar-refractivity contribution in [2.75, 3.05) is 24.5 Å². The van der Waals surface area contributed by atoms with Crippen molar-refractivity contribution >= 4 is 30.6 Å². The molecule has 1 saturated heterocycles. The van der Waals surface area contributed by atoms with Crippen LogP contribution in [0.25, 0.3) is 11.4 Å². The van der Waals surface area contributed by atoms with Crippen molar-refractivity contribution in [3.8, 4) is 17.1 Å². The molecule has 24 heavy (non-hydrogen) atoms. The second kappa shape index (κ2) is 9.01. The summed E-state index contributed by atoms with van der Waals surface area (Å²) in [5.74, 6) is 1.57. The van der Waals surface area contributed by atoms with Crippen LogP contribution in [0.1, 0.15) is 13.8 Å². The molecule has 6 nitrogen and oxygen atoms in total. The number of hydrogen-bond donors (Lipinski definition) is 2. The molecule has 1 fully saturated rings. The molecule has 3 heterocycles. The van der Waals surface area contributed by atoms with Gasteiger partial charge in [-0.2, -0.15) is 0 Å². The number of hydrogen-bond acceptors (Lipinski definition) is 6. The van der Waals surface area contributed by atoms with Crippen molar-refractivity contribution < 1.29 is 5.11 Å². The number of anilines is 1. The maximum Gasteiger partial charge on any atom is 0.151 e. The number of nitrogens with one attached hydrogen (secondary N) is 1. The van der Waals surface area contributed by atoms with Gasteiger partial charge in [0.05, 0.1) is 0 Å². The highest BCUT2D eigenvalue weighted by Crippen LogP contribution is 2.25. The second-order valence-electron chi connectivity index (χ2n) is 5.90. The van der Waals surface area contributed by atoms with E-state index in [9.17, 15) is 5.11 Å². The van der Waals surface area contributed by atoms with E-state index in [4.69, 9.17) is 0 Å². The van der Waals surface area contributed by atoms with Gasteiger partial charge >= 0.3 is 0 Å². The molecule has 0 spiro atoms. The van der Waals surface area contributed by atoms with Crippen molar-refractivity contribution in [3.63, 3.8) is 0 Å². The van der Waals surface area contributed by atoms with Gasteiger partial charge in [-0.3, -0.25) is 4.98 Å². The van der Waals surface area contributed by atoms with E-state index >= 15 is 0 Å². The minimum Gasteiger partial charge on any atom is -0.506 e. The van der Waals surface area contributed by atoms with Gasteiger partial charge < -0.3 is 15.3 Å². The summed E-state index contributed by atoms with van der Waals surface area (Å²) in [5, 5.41) is 21.9. The van der Waals surface area contributed by atoms with Gasteiger partial charge in [0.25, 0.3) is 0 Å². The quantitative estimate of drug-likeness (QED) is 0.863. The lowest BCUT2D eigenvalue weighted by Gasteiger charge is -2.36. The first-order valence-electron chi connectivity index (χ1n) is 7.61. The number of aromatic nitrogens is 3. The summed E-state index contributed by atoms with van der Waals surface area (Å²) in [7, 11) is 0. The molecule has 0 aromatic carbocycles. The first-order chi connectivity index (χ1) is 10.6. The van der Waals surface area contributed by atoms with Crippen LogP contribution >= 0.6 is 24.8 Å². The molecule has 0 saturated carbocycles. The molecule has 0 radical (unpaired) electrons. The molecule has 0 bridgehead atoms. The smallest absolute Gasteiger partial charge is 0.151 e. The fourth-order valence-electron chi connectivity index (χ4n) is 2.65. The number of pyridine rings is 1. The zero-order valence-electron chi connectivity index (χ0n) is 13.7. The average Bonchev–Trinajstić information content (AvgIpc) is 2.56. The van der Waals surface area contributed by atoms with E-state index in [0.717, 1.165) is 25.5 Å². The fourth-order valence-corrected chi connectivity index (χ4v) is 2.65. The van der Waals surface area contributed by atoms with Crippen LogP contribution in [0, 0.1) is 5.92 Å². The molecular weight excluding hydrogens is 349 g/mol. The molecule has 8 heteroatoms. The summed E-state index contributed by atoms with van der Waals surface area (Å²) in [6, 6.07) is 7.56. The molecule has 1 aliphatic rings. The van der Waals surface area contributed by atoms with Crippen molar-refractivity contribution in [3.05, 3.63) is 30.5 Å². The van der Waals surface area contributed by atoms with Crippen LogP contribution < -0.4 is 10.2 Å². The molecular formula is C16H23Cl2N5O. The van der Waals surface area contributed by atoms with E-state index in [2.05, 4.69) is 39.2 Å². The summed E-state index contributed by atoms with van der Waals surface area (Å²) in [6.07, 6.45) is 1.63. The summed E-state index contributed by atoms with van der Waals surface area (Å²) < 4.78 is 0. The standard InChI is InChI=1S/C16H21N5O.2ClH/c1-11(2)13-10-21(9-8-17-13)15-6-5-12(19-20-15)16-14(22)4-3-7-18-16;;/h3-7,11,13,17,22H,8-10H2,1-2H3;2*1H/t13-;;/m1../s1. The van der Waals surface area contributed by atoms with Gasteiger partial charge in [0.2, 0.25) is 0 Å². The maximum absolute atomic E-state index is 9.83. The van der Waals surface area contributed by atoms with Gasteiger partial charge in [0.15, 0.2) is 5.82 Å². The van der Waals surface area contributed by atoms with Crippen LogP contribution in [0.2, 0.25) is 0 Å². The normalized spacial score (nSPS) is 17.1. The largest absolute Gasteiger partial charge is 0.506 e. The van der Waals surface area contributed by atoms with Crippen molar-refractivity contribution in [1.82, 2.24) is 20.5 Å². The van der Waals surface area contributed by atoms with Crippen LogP contribution in [0.4, 0.5) is 5.82 Å². The highest BCUT2D eigenvalue weighted by molar-refractivity contribution is 5.85. The van der Waals surface area contributed by atoms with Gasteiger partial charge in [-0.05, 0) is 30.2 Å². The van der Waals surface area contributed by atoms with Gasteiger partial charge in [-0.25, -0.2) is 0 Å². The van der Waals surface area contributed by atoms with E-state index in [1.165, 1.54) is 0 Å². The topological polar surface area (TPSA) is 74.2 Å². The first kappa shape index (κ1) is 20.4. The fraction of sp³-hybridized carbons (Fsp3) is 0.438. The first-order valence-corrected chi connectivity index (χ1v) is 7.61. The Balaban J connectivity index is 0.00000144. The third-order valence-electron chi connectivity index (χ3n) is 4.01. The lowest BCUT2D eigenvalue weighted by molar-refractivity contribution is 0.367. The Morgan fingerprint density at radius 3 is 2.62 bits per heavy atom. The predicted octanol–water partition coefficient (Wildman–Crippen LogP) is 2.52. The minimum atomic E-state index is 0. The van der Waals surface area contributed by atoms with Crippen LogP contribution in [0.15, 0.2) is 30.5 Å². The highest BCUT2D eigenvalue weighted by Gasteiger charge is 2.23. The summed E-state index contributed by atoms with van der Waals surface area (Å²) >= 11 is 0. The SMILES string of the molecule is CC(C)[C@H]1CN(c2ccc(-c3ncccc3O)nn2)CCN1.Cl.Cl. The van der Waals surface area contributed by atoms with E-state index in [1.54, 1.807) is 18.3 Å². The lowest BCUT2D eigenvalue weighted by Crippen LogP contribution is -2.53. The maximum atomic E-state index is 9.83. The summed E-state index contributed by atoms with van der Waals surface area (Å²) in [4.78, 5) is 6.40. The Hall–Kier alpha value is -1.63. The van der Waals surface area contributed by atoms with E-state index < -0.39 is 0 Å². The molecule has 2 N–H and O–H groups in total. The summed E-state index contributed by atoms with van der Waals surface area (Å²) in [5.41, 5.74) is 1.04. The second-order valence-corrected chi connectivity index (χ2v) is 5.90. The van der Waals surface area contributed by atoms with Gasteiger partial charge in [-0.1, -0.05) is 13.8 Å². The van der Waals surface area contributed by atoms with Crippen LogP contribution in [0.5, 0.6) is 5.75 Å². The minimum absolute atomic E-state index is 0. The molecule has 3 rings (SSSR count). The molecule has 0 unspecified atom stereocenters. The Morgan fingerprint density at radius 1 is 1.21 bits per heavy atom. The Labute approximate surface area is 154 Å². The lowest BCUT2D eigenvalue weighted by atomic mass is 10.0. The van der Waals surface area contributed by atoms with Crippen molar-refractivity contribution in [2.45, 2.75) is 19.9 Å². The third kappa shape index (κ3) is 4.47. The summed E-state index contributed by atoms with van der Waals surface area (Å²) in [6.45, 7) is 7.25. The van der Waals surface area contributed by atoms with E-state index in [-0.39, 0.29) is 30.6 Å². The molecule has 2 aromatic rings. The number of halogens is 2.